The van der Waals surface area contributed by atoms with Crippen LogP contribution in [0.25, 0.3) is 0 Å². The Hall–Kier alpha value is -1.74. The molecule has 2 nitrogen and oxygen atoms in total. The van der Waals surface area contributed by atoms with E-state index >= 15 is 0 Å². The summed E-state index contributed by atoms with van der Waals surface area (Å²) in [5.74, 6) is 2.05. The molecule has 0 fully saturated rings. The Bertz CT molecular complexity index is 649. The van der Waals surface area contributed by atoms with Gasteiger partial charge in [0.25, 0.3) is 0 Å². The van der Waals surface area contributed by atoms with E-state index in [9.17, 15) is 0 Å². The summed E-state index contributed by atoms with van der Waals surface area (Å²) in [5.41, 5.74) is 3.99. The zero-order valence-electron chi connectivity index (χ0n) is 12.3. The lowest BCUT2D eigenvalue weighted by atomic mass is 10.1. The van der Waals surface area contributed by atoms with E-state index in [1.807, 2.05) is 11.8 Å². The summed E-state index contributed by atoms with van der Waals surface area (Å²) in [4.78, 5) is 5.93. The number of hydrogen-bond donors (Lipinski definition) is 1. The first-order chi connectivity index (χ1) is 10.3. The zero-order chi connectivity index (χ0) is 14.5. The minimum absolute atomic E-state index is 0.930. The molecule has 1 aliphatic rings. The molecule has 0 bridgehead atoms. The van der Waals surface area contributed by atoms with Crippen LogP contribution < -0.4 is 5.32 Å². The molecule has 3 rings (SSSR count). The average Bonchev–Trinajstić information content (AvgIpc) is 2.55. The molecule has 21 heavy (non-hydrogen) atoms. The van der Waals surface area contributed by atoms with Crippen LogP contribution in [0.3, 0.4) is 0 Å². The molecule has 0 aromatic heterocycles. The fraction of sp³-hybridized carbons (Fsp3) is 0.278. The van der Waals surface area contributed by atoms with E-state index in [-0.39, 0.29) is 0 Å². The van der Waals surface area contributed by atoms with Crippen LogP contribution in [0, 0.1) is 6.92 Å². The predicted octanol–water partition coefficient (Wildman–Crippen LogP) is 4.03. The van der Waals surface area contributed by atoms with Gasteiger partial charge in [-0.1, -0.05) is 42.5 Å². The van der Waals surface area contributed by atoms with Crippen molar-refractivity contribution in [3.05, 3.63) is 65.2 Å². The van der Waals surface area contributed by atoms with Crippen molar-refractivity contribution in [3.8, 4) is 0 Å². The van der Waals surface area contributed by atoms with E-state index in [0.29, 0.717) is 0 Å². The van der Waals surface area contributed by atoms with Crippen LogP contribution >= 0.6 is 11.8 Å². The number of benzene rings is 2. The van der Waals surface area contributed by atoms with Gasteiger partial charge in [0.05, 0.1) is 0 Å². The third-order valence-corrected chi connectivity index (χ3v) is 4.81. The second-order valence-electron chi connectivity index (χ2n) is 5.22. The van der Waals surface area contributed by atoms with Gasteiger partial charge in [-0.2, -0.15) is 0 Å². The van der Waals surface area contributed by atoms with Crippen molar-refractivity contribution < 1.29 is 0 Å². The number of aliphatic imine (C=N–C) groups is 1. The van der Waals surface area contributed by atoms with E-state index < -0.39 is 0 Å². The van der Waals surface area contributed by atoms with Crippen LogP contribution in [0.4, 0.5) is 0 Å². The molecule has 0 atom stereocenters. The summed E-state index contributed by atoms with van der Waals surface area (Å²) in [7, 11) is 0. The van der Waals surface area contributed by atoms with Crippen LogP contribution in [0.15, 0.2) is 58.4 Å². The molecule has 1 N–H and O–H groups in total. The minimum atomic E-state index is 0.930. The molecule has 0 spiro atoms. The van der Waals surface area contributed by atoms with Crippen LogP contribution in [-0.2, 0) is 5.75 Å². The topological polar surface area (TPSA) is 24.4 Å². The molecular weight excluding hydrogens is 276 g/mol. The Morgan fingerprint density at radius 2 is 1.90 bits per heavy atom. The van der Waals surface area contributed by atoms with Gasteiger partial charge in [-0.15, -0.1) is 11.8 Å². The highest BCUT2D eigenvalue weighted by Crippen LogP contribution is 2.27. The highest BCUT2D eigenvalue weighted by molar-refractivity contribution is 7.98. The van der Waals surface area contributed by atoms with Gasteiger partial charge in [-0.25, -0.2) is 0 Å². The Balaban J connectivity index is 1.80. The number of amidine groups is 1. The van der Waals surface area contributed by atoms with Crippen molar-refractivity contribution in [2.75, 3.05) is 13.1 Å². The second kappa shape index (κ2) is 6.81. The fourth-order valence-electron chi connectivity index (χ4n) is 2.43. The quantitative estimate of drug-likeness (QED) is 0.862. The average molecular weight is 296 g/mol. The number of nitrogens with zero attached hydrogens (tertiary/aromatic N) is 1. The summed E-state index contributed by atoms with van der Waals surface area (Å²) in [6.07, 6.45) is 1.13. The van der Waals surface area contributed by atoms with Gasteiger partial charge in [0, 0.05) is 29.3 Å². The maximum atomic E-state index is 4.63. The van der Waals surface area contributed by atoms with Crippen molar-refractivity contribution in [3.63, 3.8) is 0 Å². The summed E-state index contributed by atoms with van der Waals surface area (Å²) >= 11 is 1.89. The van der Waals surface area contributed by atoms with Gasteiger partial charge in [-0.05, 0) is 30.5 Å². The van der Waals surface area contributed by atoms with Crippen LogP contribution in [0.5, 0.6) is 0 Å². The van der Waals surface area contributed by atoms with E-state index in [0.717, 1.165) is 31.1 Å². The summed E-state index contributed by atoms with van der Waals surface area (Å²) in [6.45, 7) is 4.13. The standard InChI is InChI=1S/C18H20N2S/c1-14-7-2-3-8-15(14)13-21-17-10-5-4-9-16(17)18-19-11-6-12-20-18/h2-5,7-10H,6,11-13H2,1H3,(H,19,20). The van der Waals surface area contributed by atoms with Crippen molar-refractivity contribution >= 4 is 17.6 Å². The molecule has 0 unspecified atom stereocenters. The van der Waals surface area contributed by atoms with Gasteiger partial charge < -0.3 is 5.32 Å². The maximum absolute atomic E-state index is 4.63. The molecular formula is C18H20N2S. The number of thioether (sulfide) groups is 1. The summed E-state index contributed by atoms with van der Waals surface area (Å²) in [6, 6.07) is 17.1. The normalized spacial score (nSPS) is 14.4. The Labute approximate surface area is 130 Å². The Kier molecular flexibility index (Phi) is 4.61. The van der Waals surface area contributed by atoms with E-state index in [1.54, 1.807) is 0 Å². The first kappa shape index (κ1) is 14.2. The fourth-order valence-corrected chi connectivity index (χ4v) is 3.56. The van der Waals surface area contributed by atoms with Gasteiger partial charge in [0.2, 0.25) is 0 Å². The lowest BCUT2D eigenvalue weighted by Gasteiger charge is -2.17. The van der Waals surface area contributed by atoms with Gasteiger partial charge >= 0.3 is 0 Å². The molecule has 2 aromatic rings. The van der Waals surface area contributed by atoms with Crippen LogP contribution in [0.1, 0.15) is 23.1 Å². The molecule has 0 saturated carbocycles. The lowest BCUT2D eigenvalue weighted by Crippen LogP contribution is -2.30. The molecule has 2 aromatic carbocycles. The first-order valence-corrected chi connectivity index (χ1v) is 8.38. The van der Waals surface area contributed by atoms with E-state index in [2.05, 4.69) is 65.8 Å². The monoisotopic (exact) mass is 296 g/mol. The van der Waals surface area contributed by atoms with E-state index in [1.165, 1.54) is 21.6 Å². The molecule has 0 saturated heterocycles. The van der Waals surface area contributed by atoms with Crippen LogP contribution in [0.2, 0.25) is 0 Å². The second-order valence-corrected chi connectivity index (χ2v) is 6.24. The van der Waals surface area contributed by atoms with E-state index in [4.69, 9.17) is 0 Å². The summed E-state index contributed by atoms with van der Waals surface area (Å²) in [5, 5.41) is 3.42. The molecule has 3 heteroatoms. The van der Waals surface area contributed by atoms with Gasteiger partial charge in [-0.3, -0.25) is 4.99 Å². The number of aryl methyl sites for hydroxylation is 1. The minimum Gasteiger partial charge on any atom is -0.370 e. The number of hydrogen-bond acceptors (Lipinski definition) is 3. The molecule has 108 valence electrons. The van der Waals surface area contributed by atoms with Crippen molar-refractivity contribution in [2.45, 2.75) is 24.0 Å². The molecule has 1 heterocycles. The largest absolute Gasteiger partial charge is 0.370 e. The first-order valence-electron chi connectivity index (χ1n) is 7.39. The third kappa shape index (κ3) is 3.48. The summed E-state index contributed by atoms with van der Waals surface area (Å²) < 4.78 is 0. The van der Waals surface area contributed by atoms with Crippen LogP contribution in [-0.4, -0.2) is 18.9 Å². The third-order valence-electron chi connectivity index (χ3n) is 3.68. The molecule has 0 radical (unpaired) electrons. The zero-order valence-corrected chi connectivity index (χ0v) is 13.1. The highest BCUT2D eigenvalue weighted by Gasteiger charge is 2.11. The molecule has 0 amide bonds. The SMILES string of the molecule is Cc1ccccc1CSc1ccccc1C1=NCCCN1. The predicted molar refractivity (Wildman–Crippen MR) is 91.2 cm³/mol. The van der Waals surface area contributed by atoms with Gasteiger partial charge in [0.1, 0.15) is 5.84 Å². The lowest BCUT2D eigenvalue weighted by molar-refractivity contribution is 0.741. The van der Waals surface area contributed by atoms with Crippen molar-refractivity contribution in [1.82, 2.24) is 5.32 Å². The molecule has 1 aliphatic heterocycles. The van der Waals surface area contributed by atoms with Crippen molar-refractivity contribution in [2.24, 2.45) is 4.99 Å². The number of nitrogens with one attached hydrogen (secondary N) is 1. The van der Waals surface area contributed by atoms with Crippen molar-refractivity contribution in [1.29, 1.82) is 0 Å². The highest BCUT2D eigenvalue weighted by atomic mass is 32.2. The van der Waals surface area contributed by atoms with Gasteiger partial charge in [0.15, 0.2) is 0 Å². The number of rotatable bonds is 4. The maximum Gasteiger partial charge on any atom is 0.129 e. The smallest absolute Gasteiger partial charge is 0.129 e. The molecule has 0 aliphatic carbocycles. The Morgan fingerprint density at radius 3 is 2.71 bits per heavy atom. The Morgan fingerprint density at radius 1 is 1.10 bits per heavy atom.